The number of benzene rings is 1. The van der Waals surface area contributed by atoms with Gasteiger partial charge in [0.1, 0.15) is 23.3 Å². The number of aryl methyl sites for hydroxylation is 1. The van der Waals surface area contributed by atoms with Crippen LogP contribution < -0.4 is 10.3 Å². The fraction of sp³-hybridized carbons (Fsp3) is 0.375. The van der Waals surface area contributed by atoms with E-state index in [2.05, 4.69) is 15.1 Å². The van der Waals surface area contributed by atoms with Crippen molar-refractivity contribution < 1.29 is 4.74 Å². The van der Waals surface area contributed by atoms with Crippen molar-refractivity contribution in [1.82, 2.24) is 24.3 Å². The van der Waals surface area contributed by atoms with Crippen LogP contribution in [0.4, 0.5) is 0 Å². The van der Waals surface area contributed by atoms with E-state index >= 15 is 0 Å². The molecule has 2 aromatic heterocycles. The summed E-state index contributed by atoms with van der Waals surface area (Å²) < 4.78 is 8.63. The lowest BCUT2D eigenvalue weighted by Gasteiger charge is -2.22. The molecule has 1 aromatic carbocycles. The summed E-state index contributed by atoms with van der Waals surface area (Å²) in [4.78, 5) is 21.8. The predicted molar refractivity (Wildman–Crippen MR) is 86.5 cm³/mol. The SMILES string of the molecule is COc1cccc2ncn(C(c3ncnn3C)C(C)C)c(=O)c12. The van der Waals surface area contributed by atoms with Crippen LogP contribution in [0, 0.1) is 5.92 Å². The largest absolute Gasteiger partial charge is 0.496 e. The van der Waals surface area contributed by atoms with E-state index in [1.54, 1.807) is 34.8 Å². The molecule has 0 saturated carbocycles. The number of rotatable bonds is 4. The van der Waals surface area contributed by atoms with Gasteiger partial charge in [0.25, 0.3) is 5.56 Å². The van der Waals surface area contributed by atoms with Gasteiger partial charge in [-0.25, -0.2) is 9.97 Å². The number of nitrogens with zero attached hydrogens (tertiary/aromatic N) is 5. The van der Waals surface area contributed by atoms with Gasteiger partial charge in [-0.05, 0) is 18.1 Å². The second kappa shape index (κ2) is 5.83. The molecule has 0 amide bonds. The highest BCUT2D eigenvalue weighted by Crippen LogP contribution is 2.25. The maximum Gasteiger partial charge on any atom is 0.265 e. The summed E-state index contributed by atoms with van der Waals surface area (Å²) in [6.07, 6.45) is 3.06. The molecule has 0 radical (unpaired) electrons. The van der Waals surface area contributed by atoms with E-state index < -0.39 is 0 Å². The second-order valence-corrected chi connectivity index (χ2v) is 5.74. The van der Waals surface area contributed by atoms with Crippen LogP contribution in [0.2, 0.25) is 0 Å². The Kier molecular flexibility index (Phi) is 3.85. The molecule has 7 nitrogen and oxygen atoms in total. The topological polar surface area (TPSA) is 74.8 Å². The van der Waals surface area contributed by atoms with E-state index in [4.69, 9.17) is 4.74 Å². The molecule has 2 heterocycles. The van der Waals surface area contributed by atoms with Crippen LogP contribution in [0.1, 0.15) is 25.7 Å². The van der Waals surface area contributed by atoms with E-state index in [0.717, 1.165) is 5.82 Å². The number of hydrogen-bond acceptors (Lipinski definition) is 5. The van der Waals surface area contributed by atoms with Gasteiger partial charge in [-0.1, -0.05) is 19.9 Å². The third kappa shape index (κ3) is 2.48. The minimum atomic E-state index is -0.253. The molecule has 1 unspecified atom stereocenters. The van der Waals surface area contributed by atoms with Crippen LogP contribution in [-0.4, -0.2) is 31.4 Å². The molecule has 23 heavy (non-hydrogen) atoms. The summed E-state index contributed by atoms with van der Waals surface area (Å²) in [7, 11) is 3.37. The van der Waals surface area contributed by atoms with Gasteiger partial charge in [0.15, 0.2) is 0 Å². The van der Waals surface area contributed by atoms with Gasteiger partial charge in [0, 0.05) is 7.05 Å². The number of hydrogen-bond donors (Lipinski definition) is 0. The van der Waals surface area contributed by atoms with Gasteiger partial charge in [0.05, 0.1) is 25.0 Å². The zero-order valence-electron chi connectivity index (χ0n) is 13.6. The molecule has 0 saturated heterocycles. The van der Waals surface area contributed by atoms with Gasteiger partial charge < -0.3 is 4.74 Å². The van der Waals surface area contributed by atoms with Crippen LogP contribution in [0.15, 0.2) is 35.6 Å². The monoisotopic (exact) mass is 313 g/mol. The van der Waals surface area contributed by atoms with Crippen molar-refractivity contribution >= 4 is 10.9 Å². The first-order valence-electron chi connectivity index (χ1n) is 7.42. The summed E-state index contributed by atoms with van der Waals surface area (Å²) in [6.45, 7) is 4.08. The standard InChI is InChI=1S/C16H19N5O2/c1-10(2)14(15-17-8-19-20(15)3)21-9-18-11-6-5-7-12(23-4)13(11)16(21)22/h5-10,14H,1-4H3. The Hall–Kier alpha value is -2.70. The van der Waals surface area contributed by atoms with Crippen LogP contribution in [0.25, 0.3) is 10.9 Å². The highest BCUT2D eigenvalue weighted by molar-refractivity contribution is 5.84. The van der Waals surface area contributed by atoms with Gasteiger partial charge in [-0.15, -0.1) is 0 Å². The molecule has 120 valence electrons. The first kappa shape index (κ1) is 15.2. The lowest BCUT2D eigenvalue weighted by atomic mass is 10.0. The van der Waals surface area contributed by atoms with Gasteiger partial charge in [0.2, 0.25) is 0 Å². The smallest absolute Gasteiger partial charge is 0.265 e. The van der Waals surface area contributed by atoms with E-state index in [9.17, 15) is 4.79 Å². The Morgan fingerprint density at radius 3 is 2.61 bits per heavy atom. The summed E-state index contributed by atoms with van der Waals surface area (Å²) in [5.41, 5.74) is 0.472. The van der Waals surface area contributed by atoms with E-state index in [-0.39, 0.29) is 17.5 Å². The van der Waals surface area contributed by atoms with Crippen LogP contribution >= 0.6 is 0 Å². The van der Waals surface area contributed by atoms with Crippen molar-refractivity contribution in [1.29, 1.82) is 0 Å². The molecule has 0 aliphatic carbocycles. The predicted octanol–water partition coefficient (Wildman–Crippen LogP) is 1.78. The third-order valence-corrected chi connectivity index (χ3v) is 3.94. The lowest BCUT2D eigenvalue weighted by molar-refractivity contribution is 0.389. The minimum absolute atomic E-state index is 0.143. The Balaban J connectivity index is 2.28. The summed E-state index contributed by atoms with van der Waals surface area (Å²) in [6, 6.07) is 5.14. The van der Waals surface area contributed by atoms with Crippen molar-refractivity contribution in [3.8, 4) is 5.75 Å². The Morgan fingerprint density at radius 1 is 1.22 bits per heavy atom. The van der Waals surface area contributed by atoms with Crippen LogP contribution in [0.3, 0.4) is 0 Å². The molecular weight excluding hydrogens is 294 g/mol. The van der Waals surface area contributed by atoms with Crippen molar-refractivity contribution in [2.45, 2.75) is 19.9 Å². The fourth-order valence-electron chi connectivity index (χ4n) is 2.83. The molecule has 7 heteroatoms. The maximum absolute atomic E-state index is 13.0. The van der Waals surface area contributed by atoms with Crippen LogP contribution in [0.5, 0.6) is 5.75 Å². The lowest BCUT2D eigenvalue weighted by Crippen LogP contribution is -2.31. The zero-order valence-corrected chi connectivity index (χ0v) is 13.6. The molecule has 0 spiro atoms. The molecule has 0 aliphatic rings. The Morgan fingerprint density at radius 2 is 2.00 bits per heavy atom. The van der Waals surface area contributed by atoms with Crippen LogP contribution in [-0.2, 0) is 7.05 Å². The third-order valence-electron chi connectivity index (χ3n) is 3.94. The summed E-state index contributed by atoms with van der Waals surface area (Å²) >= 11 is 0. The fourth-order valence-corrected chi connectivity index (χ4v) is 2.83. The van der Waals surface area contributed by atoms with E-state index in [1.807, 2.05) is 27.0 Å². The van der Waals surface area contributed by atoms with Gasteiger partial charge in [-0.2, -0.15) is 5.10 Å². The highest BCUT2D eigenvalue weighted by atomic mass is 16.5. The Labute approximate surface area is 133 Å². The number of methoxy groups -OCH3 is 1. The van der Waals surface area contributed by atoms with Gasteiger partial charge in [-0.3, -0.25) is 14.0 Å². The molecule has 0 aliphatic heterocycles. The first-order chi connectivity index (χ1) is 11.0. The zero-order chi connectivity index (χ0) is 16.6. The molecule has 0 bridgehead atoms. The van der Waals surface area contributed by atoms with Crippen molar-refractivity contribution in [3.05, 3.63) is 47.0 Å². The quantitative estimate of drug-likeness (QED) is 0.734. The molecule has 0 N–H and O–H groups in total. The number of aromatic nitrogens is 5. The summed E-state index contributed by atoms with van der Waals surface area (Å²) in [5.74, 6) is 1.39. The Bertz CT molecular complexity index is 897. The van der Waals surface area contributed by atoms with E-state index in [0.29, 0.717) is 16.7 Å². The van der Waals surface area contributed by atoms with Crippen molar-refractivity contribution in [2.75, 3.05) is 7.11 Å². The highest BCUT2D eigenvalue weighted by Gasteiger charge is 2.25. The minimum Gasteiger partial charge on any atom is -0.496 e. The number of fused-ring (bicyclic) bond motifs is 1. The van der Waals surface area contributed by atoms with Crippen molar-refractivity contribution in [3.63, 3.8) is 0 Å². The first-order valence-corrected chi connectivity index (χ1v) is 7.42. The maximum atomic E-state index is 13.0. The van der Waals surface area contributed by atoms with E-state index in [1.165, 1.54) is 6.33 Å². The summed E-state index contributed by atoms with van der Waals surface area (Å²) in [5, 5.41) is 4.59. The second-order valence-electron chi connectivity index (χ2n) is 5.74. The van der Waals surface area contributed by atoms with Gasteiger partial charge >= 0.3 is 0 Å². The van der Waals surface area contributed by atoms with Crippen molar-refractivity contribution in [2.24, 2.45) is 13.0 Å². The average Bonchev–Trinajstić information content (AvgIpc) is 2.95. The molecular formula is C16H19N5O2. The molecule has 0 fully saturated rings. The number of ether oxygens (including phenoxy) is 1. The molecule has 1 atom stereocenters. The molecule has 3 aromatic rings. The normalized spacial score (nSPS) is 12.7. The molecule has 3 rings (SSSR count). The average molecular weight is 313 g/mol.